The summed E-state index contributed by atoms with van der Waals surface area (Å²) in [5.41, 5.74) is 3.55. The van der Waals surface area contributed by atoms with E-state index >= 15 is 0 Å². The number of benzene rings is 2. The maximum atomic E-state index is 12.8. The van der Waals surface area contributed by atoms with Gasteiger partial charge in [-0.05, 0) is 62.7 Å². The average molecular weight is 412 g/mol. The number of methoxy groups -OCH3 is 1. The second-order valence-electron chi connectivity index (χ2n) is 6.65. The molecule has 1 amide bonds. The second-order valence-corrected chi connectivity index (χ2v) is 7.66. The Hall–Kier alpha value is -2.93. The molecule has 3 rings (SSSR count). The summed E-state index contributed by atoms with van der Waals surface area (Å²) < 4.78 is 7.51. The van der Waals surface area contributed by atoms with Gasteiger partial charge in [-0.3, -0.25) is 9.59 Å². The zero-order valence-corrected chi connectivity index (χ0v) is 18.0. The van der Waals surface area contributed by atoms with Crippen LogP contribution in [0.1, 0.15) is 29.8 Å². The molecule has 3 aromatic rings. The molecule has 0 aliphatic carbocycles. The molecule has 0 N–H and O–H groups in total. The summed E-state index contributed by atoms with van der Waals surface area (Å²) in [5.74, 6) is -0.722. The Labute approximate surface area is 174 Å². The smallest absolute Gasteiger partial charge is 0.325 e. The first kappa shape index (κ1) is 20.8. The van der Waals surface area contributed by atoms with E-state index < -0.39 is 0 Å². The molecule has 7 heteroatoms. The van der Waals surface area contributed by atoms with Crippen LogP contribution >= 0.6 is 11.3 Å². The number of ether oxygens (including phenoxy) is 1. The van der Waals surface area contributed by atoms with Crippen LogP contribution in [0.5, 0.6) is 0 Å². The topological polar surface area (TPSA) is 63.9 Å². The predicted octanol–water partition coefficient (Wildman–Crippen LogP) is 3.77. The van der Waals surface area contributed by atoms with Crippen LogP contribution in [0.4, 0.5) is 5.69 Å². The molecule has 1 heterocycles. The fourth-order valence-corrected chi connectivity index (χ4v) is 4.29. The fourth-order valence-electron chi connectivity index (χ4n) is 3.17. The van der Waals surface area contributed by atoms with Crippen LogP contribution in [0.3, 0.4) is 0 Å². The molecule has 0 atom stereocenters. The maximum Gasteiger partial charge on any atom is 0.325 e. The molecule has 1 aromatic heterocycles. The first-order valence-electron chi connectivity index (χ1n) is 9.57. The zero-order chi connectivity index (χ0) is 21.0. The van der Waals surface area contributed by atoms with Crippen molar-refractivity contribution in [3.8, 4) is 0 Å². The Kier molecular flexibility index (Phi) is 6.49. The van der Waals surface area contributed by atoms with Gasteiger partial charge in [-0.15, -0.1) is 0 Å². The van der Waals surface area contributed by atoms with Crippen molar-refractivity contribution in [2.45, 2.75) is 27.3 Å². The fraction of sp³-hybridized carbons (Fsp3) is 0.318. The molecule has 0 unspecified atom stereocenters. The van der Waals surface area contributed by atoms with E-state index in [1.54, 1.807) is 16.7 Å². The number of hydrogen-bond acceptors (Lipinski definition) is 5. The van der Waals surface area contributed by atoms with Gasteiger partial charge in [0.15, 0.2) is 4.80 Å². The lowest BCUT2D eigenvalue weighted by molar-refractivity contribution is -0.141. The summed E-state index contributed by atoms with van der Waals surface area (Å²) in [6.45, 7) is 8.02. The number of nitrogens with zero attached hydrogens (tertiary/aromatic N) is 3. The monoisotopic (exact) mass is 411 g/mol. The predicted molar refractivity (Wildman–Crippen MR) is 116 cm³/mol. The van der Waals surface area contributed by atoms with Gasteiger partial charge in [0, 0.05) is 24.3 Å². The van der Waals surface area contributed by atoms with Crippen molar-refractivity contribution in [3.05, 3.63) is 58.4 Å². The van der Waals surface area contributed by atoms with Crippen molar-refractivity contribution in [3.63, 3.8) is 0 Å². The van der Waals surface area contributed by atoms with Crippen molar-refractivity contribution in [1.82, 2.24) is 4.57 Å². The van der Waals surface area contributed by atoms with Crippen LogP contribution in [-0.4, -0.2) is 36.6 Å². The minimum Gasteiger partial charge on any atom is -0.468 e. The number of thiazole rings is 1. The van der Waals surface area contributed by atoms with Gasteiger partial charge in [-0.25, -0.2) is 0 Å². The number of aryl methyl sites for hydroxylation is 1. The highest BCUT2D eigenvalue weighted by Gasteiger charge is 2.13. The van der Waals surface area contributed by atoms with Crippen molar-refractivity contribution in [2.75, 3.05) is 25.1 Å². The molecule has 0 fully saturated rings. The van der Waals surface area contributed by atoms with Crippen LogP contribution in [0, 0.1) is 6.92 Å². The van der Waals surface area contributed by atoms with Crippen LogP contribution in [0.25, 0.3) is 10.2 Å². The van der Waals surface area contributed by atoms with Gasteiger partial charge in [0.05, 0.1) is 17.3 Å². The minimum atomic E-state index is -0.386. The van der Waals surface area contributed by atoms with Crippen LogP contribution < -0.4 is 9.70 Å². The van der Waals surface area contributed by atoms with E-state index in [1.165, 1.54) is 18.4 Å². The number of amides is 1. The third kappa shape index (κ3) is 4.56. The zero-order valence-electron chi connectivity index (χ0n) is 17.1. The van der Waals surface area contributed by atoms with Crippen molar-refractivity contribution >= 4 is 39.1 Å². The Balaban J connectivity index is 2.01. The number of esters is 1. The lowest BCUT2D eigenvalue weighted by Crippen LogP contribution is -2.22. The van der Waals surface area contributed by atoms with Gasteiger partial charge >= 0.3 is 5.97 Å². The number of rotatable bonds is 6. The Morgan fingerprint density at radius 3 is 2.41 bits per heavy atom. The number of fused-ring (bicyclic) bond motifs is 1. The van der Waals surface area contributed by atoms with Gasteiger partial charge in [0.2, 0.25) is 0 Å². The van der Waals surface area contributed by atoms with Crippen LogP contribution in [-0.2, 0) is 16.1 Å². The second kappa shape index (κ2) is 9.05. The van der Waals surface area contributed by atoms with Gasteiger partial charge in [0.25, 0.3) is 5.91 Å². The molecular weight excluding hydrogens is 386 g/mol. The number of carbonyl (C=O) groups is 2. The molecule has 0 radical (unpaired) electrons. The van der Waals surface area contributed by atoms with E-state index in [0.717, 1.165) is 34.6 Å². The van der Waals surface area contributed by atoms with E-state index in [0.29, 0.717) is 10.4 Å². The van der Waals surface area contributed by atoms with Crippen molar-refractivity contribution in [1.29, 1.82) is 0 Å². The Bertz CT molecular complexity index is 1090. The van der Waals surface area contributed by atoms with E-state index in [9.17, 15) is 9.59 Å². The molecule has 2 aromatic carbocycles. The largest absolute Gasteiger partial charge is 0.468 e. The van der Waals surface area contributed by atoms with E-state index in [1.807, 2.05) is 37.3 Å². The van der Waals surface area contributed by atoms with E-state index in [4.69, 9.17) is 4.74 Å². The Morgan fingerprint density at radius 2 is 1.79 bits per heavy atom. The van der Waals surface area contributed by atoms with Gasteiger partial charge in [0.1, 0.15) is 6.54 Å². The molecule has 0 aliphatic rings. The lowest BCUT2D eigenvalue weighted by Gasteiger charge is -2.20. The average Bonchev–Trinajstić information content (AvgIpc) is 3.05. The summed E-state index contributed by atoms with van der Waals surface area (Å²) >= 11 is 1.39. The summed E-state index contributed by atoms with van der Waals surface area (Å²) in [4.78, 5) is 31.7. The van der Waals surface area contributed by atoms with Gasteiger partial charge in [-0.2, -0.15) is 4.99 Å². The number of aromatic nitrogens is 1. The molecular formula is C22H25N3O3S. The molecule has 0 aliphatic heterocycles. The molecule has 6 nitrogen and oxygen atoms in total. The number of anilines is 1. The Morgan fingerprint density at radius 1 is 1.10 bits per heavy atom. The van der Waals surface area contributed by atoms with Crippen LogP contribution in [0.2, 0.25) is 0 Å². The normalized spacial score (nSPS) is 11.7. The molecule has 0 spiro atoms. The molecule has 29 heavy (non-hydrogen) atoms. The highest BCUT2D eigenvalue weighted by Crippen LogP contribution is 2.20. The molecule has 0 saturated heterocycles. The summed E-state index contributed by atoms with van der Waals surface area (Å²) in [7, 11) is 1.35. The standard InChI is InChI=1S/C22H25N3O3S/c1-5-24(6-2)17-10-8-16(9-11-17)21(27)23-22-25(14-20(26)28-4)18-12-7-15(3)13-19(18)29-22/h7-13H,5-6,14H2,1-4H3. The lowest BCUT2D eigenvalue weighted by atomic mass is 10.2. The van der Waals surface area contributed by atoms with Crippen LogP contribution in [0.15, 0.2) is 47.5 Å². The highest BCUT2D eigenvalue weighted by molar-refractivity contribution is 7.16. The number of hydrogen-bond donors (Lipinski definition) is 0. The first-order valence-corrected chi connectivity index (χ1v) is 10.4. The van der Waals surface area contributed by atoms with Gasteiger partial charge in [-0.1, -0.05) is 17.4 Å². The maximum absolute atomic E-state index is 12.8. The quantitative estimate of drug-likeness (QED) is 0.579. The highest BCUT2D eigenvalue weighted by atomic mass is 32.1. The third-order valence-corrected chi connectivity index (χ3v) is 5.83. The SMILES string of the molecule is CCN(CC)c1ccc(C(=O)N=c2sc3cc(C)ccc3n2CC(=O)OC)cc1. The van der Waals surface area contributed by atoms with E-state index in [2.05, 4.69) is 23.7 Å². The minimum absolute atomic E-state index is 0.00652. The third-order valence-electron chi connectivity index (χ3n) is 4.79. The summed E-state index contributed by atoms with van der Waals surface area (Å²) in [6.07, 6.45) is 0. The summed E-state index contributed by atoms with van der Waals surface area (Å²) in [5, 5.41) is 0. The summed E-state index contributed by atoms with van der Waals surface area (Å²) in [6, 6.07) is 13.4. The molecule has 0 bridgehead atoms. The number of carbonyl (C=O) groups excluding carboxylic acids is 2. The first-order chi connectivity index (χ1) is 14.0. The molecule has 152 valence electrons. The molecule has 0 saturated carbocycles. The van der Waals surface area contributed by atoms with Gasteiger partial charge < -0.3 is 14.2 Å². The van der Waals surface area contributed by atoms with E-state index in [-0.39, 0.29) is 18.4 Å². The van der Waals surface area contributed by atoms with Crippen molar-refractivity contribution in [2.24, 2.45) is 4.99 Å². The van der Waals surface area contributed by atoms with Crippen molar-refractivity contribution < 1.29 is 14.3 Å².